The molecule has 1 aromatic carbocycles. The summed E-state index contributed by atoms with van der Waals surface area (Å²) in [5.74, 6) is -2.13. The first-order valence-corrected chi connectivity index (χ1v) is 13.5. The van der Waals surface area contributed by atoms with E-state index in [4.69, 9.17) is 4.42 Å². The van der Waals surface area contributed by atoms with Gasteiger partial charge in [-0.25, -0.2) is 9.36 Å². The highest BCUT2D eigenvalue weighted by atomic mass is 32.1. The van der Waals surface area contributed by atoms with Crippen LogP contribution in [0, 0.1) is 5.92 Å². The number of anilines is 1. The van der Waals surface area contributed by atoms with Gasteiger partial charge in [-0.1, -0.05) is 50.2 Å². The Morgan fingerprint density at radius 3 is 2.26 bits per heavy atom. The first-order chi connectivity index (χ1) is 16.6. The van der Waals surface area contributed by atoms with Crippen molar-refractivity contribution in [3.8, 4) is 0 Å². The van der Waals surface area contributed by atoms with Gasteiger partial charge in [-0.15, -0.1) is 11.3 Å². The highest BCUT2D eigenvalue weighted by Gasteiger charge is 2.43. The van der Waals surface area contributed by atoms with E-state index >= 15 is 0 Å². The van der Waals surface area contributed by atoms with Crippen molar-refractivity contribution < 1.29 is 33.5 Å². The summed E-state index contributed by atoms with van der Waals surface area (Å²) >= 11 is 1.31. The minimum absolute atomic E-state index is 0.00567. The van der Waals surface area contributed by atoms with Gasteiger partial charge in [0, 0.05) is 23.9 Å². The van der Waals surface area contributed by atoms with E-state index in [9.17, 15) is 29.0 Å². The summed E-state index contributed by atoms with van der Waals surface area (Å²) in [6, 6.07) is 12.7. The number of benzene rings is 1. The summed E-state index contributed by atoms with van der Waals surface area (Å²) in [5, 5.41) is 11.9. The molecule has 3 aromatic rings. The van der Waals surface area contributed by atoms with Crippen LogP contribution in [0.15, 0.2) is 70.7 Å². The van der Waals surface area contributed by atoms with Gasteiger partial charge < -0.3 is 19.3 Å². The van der Waals surface area contributed by atoms with E-state index in [1.165, 1.54) is 29.7 Å². The van der Waals surface area contributed by atoms with Crippen LogP contribution >= 0.6 is 19.1 Å². The molecule has 3 rings (SSSR count). The molecule has 9 nitrogen and oxygen atoms in total. The Bertz CT molecular complexity index is 1130. The second kappa shape index (κ2) is 11.8. The Morgan fingerprint density at radius 2 is 1.74 bits per heavy atom. The van der Waals surface area contributed by atoms with Crippen LogP contribution in [-0.4, -0.2) is 43.5 Å². The van der Waals surface area contributed by atoms with Gasteiger partial charge in [0.25, 0.3) is 0 Å². The third-order valence-corrected chi connectivity index (χ3v) is 7.37. The van der Waals surface area contributed by atoms with Crippen LogP contribution in [0.1, 0.15) is 30.7 Å². The Hall–Kier alpha value is -2.75. The molecule has 0 aliphatic heterocycles. The van der Waals surface area contributed by atoms with E-state index in [1.807, 2.05) is 13.8 Å². The van der Waals surface area contributed by atoms with Crippen LogP contribution in [0.25, 0.3) is 0 Å². The zero-order valence-electron chi connectivity index (χ0n) is 19.4. The lowest BCUT2D eigenvalue weighted by Gasteiger charge is -2.36. The van der Waals surface area contributed by atoms with Crippen LogP contribution in [0.5, 0.6) is 0 Å². The number of rotatable bonds is 12. The lowest BCUT2D eigenvalue weighted by Crippen LogP contribution is -2.54. The van der Waals surface area contributed by atoms with Gasteiger partial charge >= 0.3 is 13.7 Å². The molecule has 0 aliphatic rings. The minimum atomic E-state index is -4.91. The van der Waals surface area contributed by atoms with E-state index in [-0.39, 0.29) is 31.2 Å². The average Bonchev–Trinajstić information content (AvgIpc) is 3.50. The SMILES string of the molecule is CC(C)CC(C(=O)N(c1ccco1)C(Cc1ccccc1)C(=O)O)N(Cc1cccs1)P(=O)(O)O. The molecule has 0 aliphatic carbocycles. The number of hydrogen-bond acceptors (Lipinski definition) is 5. The van der Waals surface area contributed by atoms with Gasteiger partial charge in [0.15, 0.2) is 0 Å². The molecular weight excluding hydrogens is 491 g/mol. The number of aliphatic carboxylic acids is 1. The maximum Gasteiger partial charge on any atom is 0.404 e. The second-order valence-corrected chi connectivity index (χ2v) is 11.1. The average molecular weight is 521 g/mol. The Labute approximate surface area is 207 Å². The second-order valence-electron chi connectivity index (χ2n) is 8.54. The molecule has 0 radical (unpaired) electrons. The van der Waals surface area contributed by atoms with E-state index < -0.39 is 31.7 Å². The van der Waals surface area contributed by atoms with Gasteiger partial charge in [-0.3, -0.25) is 9.69 Å². The first kappa shape index (κ1) is 26.8. The quantitative estimate of drug-likeness (QED) is 0.300. The number of carbonyl (C=O) groups excluding carboxylic acids is 1. The van der Waals surface area contributed by atoms with E-state index in [1.54, 1.807) is 47.8 Å². The molecule has 2 atom stereocenters. The fourth-order valence-electron chi connectivity index (χ4n) is 3.85. The maximum atomic E-state index is 14.1. The van der Waals surface area contributed by atoms with Crippen molar-refractivity contribution in [3.05, 3.63) is 76.7 Å². The van der Waals surface area contributed by atoms with Crippen molar-refractivity contribution in [1.29, 1.82) is 0 Å². The van der Waals surface area contributed by atoms with Crippen molar-refractivity contribution in [3.63, 3.8) is 0 Å². The smallest absolute Gasteiger partial charge is 0.404 e. The predicted octanol–water partition coefficient (Wildman–Crippen LogP) is 4.38. The molecule has 0 saturated carbocycles. The topological polar surface area (TPSA) is 132 Å². The largest absolute Gasteiger partial charge is 0.480 e. The van der Waals surface area contributed by atoms with Crippen molar-refractivity contribution in [1.82, 2.24) is 4.67 Å². The number of carbonyl (C=O) groups is 2. The molecule has 2 aromatic heterocycles. The first-order valence-electron chi connectivity index (χ1n) is 11.1. The normalized spacial score (nSPS) is 13.7. The maximum absolute atomic E-state index is 14.1. The number of carboxylic acids is 1. The fourth-order valence-corrected chi connectivity index (χ4v) is 5.54. The number of amides is 1. The van der Waals surface area contributed by atoms with Crippen LogP contribution in [-0.2, 0) is 27.1 Å². The fraction of sp³-hybridized carbons (Fsp3) is 0.333. The van der Waals surface area contributed by atoms with Gasteiger partial charge in [0.05, 0.1) is 6.26 Å². The van der Waals surface area contributed by atoms with E-state index in [0.717, 1.165) is 9.57 Å². The molecule has 3 N–H and O–H groups in total. The predicted molar refractivity (Wildman–Crippen MR) is 133 cm³/mol. The highest BCUT2D eigenvalue weighted by molar-refractivity contribution is 7.49. The molecule has 188 valence electrons. The summed E-state index contributed by atoms with van der Waals surface area (Å²) in [5.41, 5.74) is 0.690. The summed E-state index contributed by atoms with van der Waals surface area (Å²) in [6.07, 6.45) is 1.41. The molecule has 0 bridgehead atoms. The highest BCUT2D eigenvalue weighted by Crippen LogP contribution is 2.45. The summed E-state index contributed by atoms with van der Waals surface area (Å²) < 4.78 is 18.9. The summed E-state index contributed by atoms with van der Waals surface area (Å²) in [7, 11) is -4.91. The molecule has 35 heavy (non-hydrogen) atoms. The van der Waals surface area contributed by atoms with Crippen LogP contribution in [0.4, 0.5) is 5.88 Å². The van der Waals surface area contributed by atoms with E-state index in [2.05, 4.69) is 0 Å². The Kier molecular flexibility index (Phi) is 9.04. The van der Waals surface area contributed by atoms with Crippen LogP contribution in [0.2, 0.25) is 0 Å². The molecule has 11 heteroatoms. The van der Waals surface area contributed by atoms with Crippen molar-refractivity contribution in [2.45, 2.75) is 45.3 Å². The van der Waals surface area contributed by atoms with Crippen molar-refractivity contribution in [2.24, 2.45) is 5.92 Å². The number of carboxylic acid groups (broad SMARTS) is 1. The lowest BCUT2D eigenvalue weighted by molar-refractivity contribution is -0.140. The minimum Gasteiger partial charge on any atom is -0.480 e. The van der Waals surface area contributed by atoms with Gasteiger partial charge in [-0.05, 0) is 35.4 Å². The number of furan rings is 1. The number of thiophene rings is 1. The van der Waals surface area contributed by atoms with Crippen molar-refractivity contribution >= 4 is 36.8 Å². The third-order valence-electron chi connectivity index (χ3n) is 5.42. The monoisotopic (exact) mass is 520 g/mol. The molecule has 1 amide bonds. The molecule has 0 saturated heterocycles. The molecule has 2 unspecified atom stereocenters. The van der Waals surface area contributed by atoms with Gasteiger partial charge in [-0.2, -0.15) is 4.67 Å². The zero-order chi connectivity index (χ0) is 25.6. The Morgan fingerprint density at radius 1 is 1.03 bits per heavy atom. The Balaban J connectivity index is 2.07. The van der Waals surface area contributed by atoms with Gasteiger partial charge in [0.1, 0.15) is 12.1 Å². The summed E-state index contributed by atoms with van der Waals surface area (Å²) in [4.78, 5) is 48.6. The van der Waals surface area contributed by atoms with Crippen LogP contribution < -0.4 is 4.90 Å². The number of hydrogen-bond donors (Lipinski definition) is 3. The standard InChI is InChI=1S/C24H29N2O7PS/c1-17(2)14-20(25(34(30,31)32)16-19-10-7-13-35-19)23(27)26(22-11-6-12-33-22)21(24(28)29)15-18-8-4-3-5-9-18/h3-13,17,20-21H,14-16H2,1-2H3,(H,28,29)(H2,30,31,32). The number of nitrogens with zero attached hydrogens (tertiary/aromatic N) is 2. The van der Waals surface area contributed by atoms with Crippen LogP contribution in [0.3, 0.4) is 0 Å². The van der Waals surface area contributed by atoms with Crippen molar-refractivity contribution in [2.75, 3.05) is 4.90 Å². The molecule has 2 heterocycles. The molecule has 0 spiro atoms. The zero-order valence-corrected chi connectivity index (χ0v) is 21.1. The molecule has 0 fully saturated rings. The lowest BCUT2D eigenvalue weighted by atomic mass is 9.99. The van der Waals surface area contributed by atoms with Gasteiger partial charge in [0.2, 0.25) is 11.8 Å². The summed E-state index contributed by atoms with van der Waals surface area (Å²) in [6.45, 7) is 3.51. The van der Waals surface area contributed by atoms with E-state index in [0.29, 0.717) is 10.4 Å². The molecular formula is C24H29N2O7PS. The third kappa shape index (κ3) is 7.13.